The van der Waals surface area contributed by atoms with E-state index in [1.807, 2.05) is 36.7 Å². The Labute approximate surface area is 121 Å². The average molecular weight is 278 g/mol. The van der Waals surface area contributed by atoms with Crippen LogP contribution < -0.4 is 4.90 Å². The van der Waals surface area contributed by atoms with E-state index in [1.165, 1.54) is 0 Å². The first kappa shape index (κ1) is 12.1. The molecule has 0 bridgehead atoms. The van der Waals surface area contributed by atoms with Gasteiger partial charge >= 0.3 is 0 Å². The minimum absolute atomic E-state index is 0.159. The summed E-state index contributed by atoms with van der Waals surface area (Å²) in [5.41, 5.74) is 3.12. The average Bonchev–Trinajstić information content (AvgIpc) is 3.15. The molecule has 1 aliphatic heterocycles. The van der Waals surface area contributed by atoms with Gasteiger partial charge in [-0.3, -0.25) is 14.8 Å². The van der Waals surface area contributed by atoms with Crippen molar-refractivity contribution in [1.29, 1.82) is 0 Å². The number of nitrogens with one attached hydrogen (secondary N) is 1. The molecule has 2 aromatic heterocycles. The maximum absolute atomic E-state index is 11.7. The number of carbonyl (C=O) groups excluding carboxylic acids is 1. The number of hydrogen-bond donors (Lipinski definition) is 1. The lowest BCUT2D eigenvalue weighted by Gasteiger charge is -2.14. The third-order valence-electron chi connectivity index (χ3n) is 3.89. The molecule has 0 radical (unpaired) electrons. The number of amides is 1. The smallest absolute Gasteiger partial charge is 0.228 e. The molecule has 3 aromatic rings. The molecule has 1 fully saturated rings. The molecule has 5 heteroatoms. The molecule has 1 saturated heterocycles. The zero-order valence-corrected chi connectivity index (χ0v) is 11.4. The van der Waals surface area contributed by atoms with Crippen LogP contribution in [0.15, 0.2) is 42.7 Å². The molecular formula is C16H14N4O. The molecule has 0 saturated carbocycles. The molecule has 1 aliphatic rings. The number of aromatic nitrogens is 3. The van der Waals surface area contributed by atoms with Crippen LogP contribution in [0.5, 0.6) is 0 Å². The van der Waals surface area contributed by atoms with E-state index in [0.29, 0.717) is 6.42 Å². The lowest BCUT2D eigenvalue weighted by molar-refractivity contribution is -0.117. The number of hydrogen-bond acceptors (Lipinski definition) is 3. The first-order valence-electron chi connectivity index (χ1n) is 7.02. The van der Waals surface area contributed by atoms with Gasteiger partial charge in [-0.2, -0.15) is 5.10 Å². The first-order valence-corrected chi connectivity index (χ1v) is 7.02. The number of aromatic amines is 1. The zero-order chi connectivity index (χ0) is 14.2. The summed E-state index contributed by atoms with van der Waals surface area (Å²) in [6.07, 6.45) is 5.18. The SMILES string of the molecule is O=C1CCCN1c1ccc(-c2cccc3[nH]ncc23)cn1. The molecule has 21 heavy (non-hydrogen) atoms. The maximum Gasteiger partial charge on any atom is 0.228 e. The quantitative estimate of drug-likeness (QED) is 0.784. The summed E-state index contributed by atoms with van der Waals surface area (Å²) < 4.78 is 0. The van der Waals surface area contributed by atoms with Crippen molar-refractivity contribution in [2.24, 2.45) is 0 Å². The number of fused-ring (bicyclic) bond motifs is 1. The lowest BCUT2D eigenvalue weighted by Crippen LogP contribution is -2.24. The van der Waals surface area contributed by atoms with Gasteiger partial charge in [0.15, 0.2) is 0 Å². The number of pyridine rings is 1. The summed E-state index contributed by atoms with van der Waals surface area (Å²) >= 11 is 0. The van der Waals surface area contributed by atoms with Crippen LogP contribution in [0.3, 0.4) is 0 Å². The van der Waals surface area contributed by atoms with E-state index in [1.54, 1.807) is 4.90 Å². The van der Waals surface area contributed by atoms with Gasteiger partial charge in [0.25, 0.3) is 0 Å². The van der Waals surface area contributed by atoms with Crippen LogP contribution in [-0.2, 0) is 4.79 Å². The van der Waals surface area contributed by atoms with E-state index in [9.17, 15) is 4.79 Å². The van der Waals surface area contributed by atoms with E-state index in [0.717, 1.165) is 40.8 Å². The number of carbonyl (C=O) groups is 1. The normalized spacial score (nSPS) is 15.0. The molecule has 104 valence electrons. The highest BCUT2D eigenvalue weighted by Crippen LogP contribution is 2.28. The van der Waals surface area contributed by atoms with Crippen molar-refractivity contribution in [2.45, 2.75) is 12.8 Å². The Hall–Kier alpha value is -2.69. The third-order valence-corrected chi connectivity index (χ3v) is 3.89. The number of H-pyrrole nitrogens is 1. The summed E-state index contributed by atoms with van der Waals surface area (Å²) in [4.78, 5) is 17.9. The summed E-state index contributed by atoms with van der Waals surface area (Å²) in [5, 5.41) is 8.12. The molecule has 4 rings (SSSR count). The Kier molecular flexibility index (Phi) is 2.70. The standard InChI is InChI=1S/C16H14N4O/c21-16-5-2-8-20(16)15-7-6-11(9-17-15)12-3-1-4-14-13(12)10-18-19-14/h1,3-4,6-7,9-10H,2,5,8H2,(H,18,19). The van der Waals surface area contributed by atoms with E-state index in [-0.39, 0.29) is 5.91 Å². The predicted molar refractivity (Wildman–Crippen MR) is 80.9 cm³/mol. The van der Waals surface area contributed by atoms with Crippen molar-refractivity contribution >= 4 is 22.6 Å². The summed E-state index contributed by atoms with van der Waals surface area (Å²) in [6, 6.07) is 9.97. The van der Waals surface area contributed by atoms with Gasteiger partial charge in [0.2, 0.25) is 5.91 Å². The van der Waals surface area contributed by atoms with Crippen LogP contribution in [0, 0.1) is 0 Å². The largest absolute Gasteiger partial charge is 0.297 e. The molecule has 1 aromatic carbocycles. The van der Waals surface area contributed by atoms with E-state index in [2.05, 4.69) is 21.2 Å². The second-order valence-electron chi connectivity index (χ2n) is 5.19. The Morgan fingerprint density at radius 2 is 2.10 bits per heavy atom. The molecular weight excluding hydrogens is 264 g/mol. The number of anilines is 1. The molecule has 5 nitrogen and oxygen atoms in total. The fourth-order valence-electron chi connectivity index (χ4n) is 2.82. The van der Waals surface area contributed by atoms with Gasteiger partial charge in [0.05, 0.1) is 11.7 Å². The summed E-state index contributed by atoms with van der Waals surface area (Å²) in [5.74, 6) is 0.896. The van der Waals surface area contributed by atoms with Crippen LogP contribution in [0.2, 0.25) is 0 Å². The second-order valence-corrected chi connectivity index (χ2v) is 5.19. The molecule has 1 amide bonds. The van der Waals surface area contributed by atoms with Gasteiger partial charge in [-0.05, 0) is 30.2 Å². The Balaban J connectivity index is 1.73. The Bertz CT molecular complexity index is 807. The monoisotopic (exact) mass is 278 g/mol. The van der Waals surface area contributed by atoms with Crippen molar-refractivity contribution in [3.8, 4) is 11.1 Å². The van der Waals surface area contributed by atoms with Crippen LogP contribution >= 0.6 is 0 Å². The topological polar surface area (TPSA) is 61.9 Å². The molecule has 1 N–H and O–H groups in total. The van der Waals surface area contributed by atoms with E-state index >= 15 is 0 Å². The van der Waals surface area contributed by atoms with Crippen molar-refractivity contribution in [3.63, 3.8) is 0 Å². The zero-order valence-electron chi connectivity index (χ0n) is 11.4. The van der Waals surface area contributed by atoms with Crippen molar-refractivity contribution in [1.82, 2.24) is 15.2 Å². The first-order chi connectivity index (χ1) is 10.3. The fourth-order valence-corrected chi connectivity index (χ4v) is 2.82. The fraction of sp³-hybridized carbons (Fsp3) is 0.188. The highest BCUT2D eigenvalue weighted by atomic mass is 16.2. The van der Waals surface area contributed by atoms with E-state index in [4.69, 9.17) is 0 Å². The summed E-state index contributed by atoms with van der Waals surface area (Å²) in [7, 11) is 0. The van der Waals surface area contributed by atoms with Gasteiger partial charge in [-0.1, -0.05) is 12.1 Å². The number of nitrogens with zero attached hydrogens (tertiary/aromatic N) is 3. The molecule has 0 unspecified atom stereocenters. The maximum atomic E-state index is 11.7. The lowest BCUT2D eigenvalue weighted by atomic mass is 10.0. The van der Waals surface area contributed by atoms with Gasteiger partial charge in [-0.25, -0.2) is 4.98 Å². The van der Waals surface area contributed by atoms with Gasteiger partial charge in [0, 0.05) is 30.1 Å². The molecule has 0 atom stereocenters. The van der Waals surface area contributed by atoms with Gasteiger partial charge < -0.3 is 0 Å². The van der Waals surface area contributed by atoms with Gasteiger partial charge in [-0.15, -0.1) is 0 Å². The van der Waals surface area contributed by atoms with Crippen LogP contribution in [0.4, 0.5) is 5.82 Å². The highest BCUT2D eigenvalue weighted by molar-refractivity contribution is 5.96. The number of rotatable bonds is 2. The highest BCUT2D eigenvalue weighted by Gasteiger charge is 2.22. The minimum atomic E-state index is 0.159. The second kappa shape index (κ2) is 4.70. The Morgan fingerprint density at radius 3 is 2.86 bits per heavy atom. The summed E-state index contributed by atoms with van der Waals surface area (Å²) in [6.45, 7) is 0.766. The minimum Gasteiger partial charge on any atom is -0.297 e. The number of benzene rings is 1. The predicted octanol–water partition coefficient (Wildman–Crippen LogP) is 2.75. The van der Waals surface area contributed by atoms with Crippen molar-refractivity contribution in [3.05, 3.63) is 42.7 Å². The molecule has 3 heterocycles. The molecule has 0 aliphatic carbocycles. The van der Waals surface area contributed by atoms with Crippen LogP contribution in [0.25, 0.3) is 22.0 Å². The van der Waals surface area contributed by atoms with Crippen LogP contribution in [0.1, 0.15) is 12.8 Å². The van der Waals surface area contributed by atoms with Crippen molar-refractivity contribution < 1.29 is 4.79 Å². The van der Waals surface area contributed by atoms with Crippen LogP contribution in [-0.4, -0.2) is 27.6 Å². The van der Waals surface area contributed by atoms with Crippen molar-refractivity contribution in [2.75, 3.05) is 11.4 Å². The third kappa shape index (κ3) is 1.98. The van der Waals surface area contributed by atoms with Gasteiger partial charge in [0.1, 0.15) is 5.82 Å². The van der Waals surface area contributed by atoms with E-state index < -0.39 is 0 Å². The Morgan fingerprint density at radius 1 is 1.14 bits per heavy atom. The molecule has 0 spiro atoms.